The molecule has 0 fully saturated rings. The summed E-state index contributed by atoms with van der Waals surface area (Å²) in [6.07, 6.45) is 4.10. The van der Waals surface area contributed by atoms with Crippen molar-refractivity contribution in [1.29, 1.82) is 0 Å². The molecule has 0 radical (unpaired) electrons. The van der Waals surface area contributed by atoms with Crippen LogP contribution in [0.5, 0.6) is 5.75 Å². The topological polar surface area (TPSA) is 92.9 Å². The van der Waals surface area contributed by atoms with Gasteiger partial charge in [-0.25, -0.2) is 4.98 Å². The molecule has 3 aromatic rings. The summed E-state index contributed by atoms with van der Waals surface area (Å²) in [6.45, 7) is 2.55. The number of carbonyl (C=O) groups is 2. The third-order valence-corrected chi connectivity index (χ3v) is 4.37. The Morgan fingerprint density at radius 2 is 2.00 bits per heavy atom. The van der Waals surface area contributed by atoms with E-state index < -0.39 is 11.9 Å². The second-order valence-electron chi connectivity index (χ2n) is 6.50. The molecular formula is C21H23N3O4. The van der Waals surface area contributed by atoms with Crippen LogP contribution in [0.4, 0.5) is 0 Å². The van der Waals surface area contributed by atoms with Gasteiger partial charge in [0.15, 0.2) is 0 Å². The molecule has 1 amide bonds. The summed E-state index contributed by atoms with van der Waals surface area (Å²) in [4.78, 5) is 28.2. The number of carboxylic acid groups (broad SMARTS) is 1. The summed E-state index contributed by atoms with van der Waals surface area (Å²) in [7, 11) is 0. The second-order valence-corrected chi connectivity index (χ2v) is 6.50. The fourth-order valence-electron chi connectivity index (χ4n) is 2.96. The van der Waals surface area contributed by atoms with Crippen molar-refractivity contribution in [1.82, 2.24) is 14.7 Å². The van der Waals surface area contributed by atoms with Crippen molar-refractivity contribution in [3.8, 4) is 5.75 Å². The number of pyridine rings is 1. The number of nitrogens with one attached hydrogen (secondary N) is 1. The number of rotatable bonds is 9. The molecule has 7 nitrogen and oxygen atoms in total. The molecule has 0 aliphatic carbocycles. The maximum atomic E-state index is 12.2. The van der Waals surface area contributed by atoms with E-state index in [-0.39, 0.29) is 18.9 Å². The number of hydrogen-bond donors (Lipinski definition) is 2. The van der Waals surface area contributed by atoms with Crippen molar-refractivity contribution in [3.63, 3.8) is 0 Å². The van der Waals surface area contributed by atoms with Crippen molar-refractivity contribution in [2.75, 3.05) is 13.2 Å². The predicted molar refractivity (Wildman–Crippen MR) is 104 cm³/mol. The third-order valence-electron chi connectivity index (χ3n) is 4.37. The highest BCUT2D eigenvalue weighted by atomic mass is 16.5. The van der Waals surface area contributed by atoms with Crippen LogP contribution in [0.15, 0.2) is 54.9 Å². The highest BCUT2D eigenvalue weighted by Crippen LogP contribution is 2.15. The zero-order chi connectivity index (χ0) is 19.9. The number of benzene rings is 1. The quantitative estimate of drug-likeness (QED) is 0.593. The zero-order valence-corrected chi connectivity index (χ0v) is 15.7. The first-order chi connectivity index (χ1) is 13.5. The Morgan fingerprint density at radius 1 is 1.21 bits per heavy atom. The largest absolute Gasteiger partial charge is 0.494 e. The van der Waals surface area contributed by atoms with Crippen molar-refractivity contribution in [3.05, 3.63) is 66.1 Å². The molecule has 0 saturated carbocycles. The van der Waals surface area contributed by atoms with Gasteiger partial charge in [0.2, 0.25) is 5.91 Å². The summed E-state index contributed by atoms with van der Waals surface area (Å²) in [5.41, 5.74) is 2.29. The van der Waals surface area contributed by atoms with Gasteiger partial charge in [0.1, 0.15) is 11.4 Å². The van der Waals surface area contributed by atoms with Gasteiger partial charge in [-0.1, -0.05) is 18.2 Å². The highest BCUT2D eigenvalue weighted by Gasteiger charge is 2.19. The Morgan fingerprint density at radius 3 is 2.68 bits per heavy atom. The van der Waals surface area contributed by atoms with E-state index in [1.165, 1.54) is 0 Å². The van der Waals surface area contributed by atoms with E-state index in [2.05, 4.69) is 10.3 Å². The lowest BCUT2D eigenvalue weighted by molar-refractivity contribution is -0.141. The number of nitrogens with zero attached hydrogens (tertiary/aromatic N) is 2. The average molecular weight is 381 g/mol. The van der Waals surface area contributed by atoms with Gasteiger partial charge in [-0.3, -0.25) is 9.59 Å². The van der Waals surface area contributed by atoms with Crippen LogP contribution in [0.1, 0.15) is 18.2 Å². The highest BCUT2D eigenvalue weighted by molar-refractivity contribution is 5.79. The number of hydrogen-bond acceptors (Lipinski definition) is 4. The van der Waals surface area contributed by atoms with E-state index in [4.69, 9.17) is 4.74 Å². The molecule has 1 atom stereocenters. The van der Waals surface area contributed by atoms with E-state index in [0.717, 1.165) is 17.0 Å². The summed E-state index contributed by atoms with van der Waals surface area (Å²) in [5.74, 6) is -1.15. The molecule has 2 N–H and O–H groups in total. The van der Waals surface area contributed by atoms with E-state index in [1.807, 2.05) is 60.0 Å². The Labute approximate surface area is 163 Å². The average Bonchev–Trinajstić information content (AvgIpc) is 3.08. The molecule has 0 bridgehead atoms. The van der Waals surface area contributed by atoms with Crippen molar-refractivity contribution < 1.29 is 19.4 Å². The first-order valence-electron chi connectivity index (χ1n) is 9.19. The minimum atomic E-state index is -0.943. The van der Waals surface area contributed by atoms with Crippen LogP contribution in [-0.4, -0.2) is 39.5 Å². The van der Waals surface area contributed by atoms with Gasteiger partial charge in [0.25, 0.3) is 0 Å². The fourth-order valence-corrected chi connectivity index (χ4v) is 2.96. The van der Waals surface area contributed by atoms with Gasteiger partial charge in [0.05, 0.1) is 24.6 Å². The van der Waals surface area contributed by atoms with E-state index in [1.54, 1.807) is 6.20 Å². The molecule has 0 aliphatic rings. The lowest BCUT2D eigenvalue weighted by Gasteiger charge is -2.14. The molecule has 2 heterocycles. The van der Waals surface area contributed by atoms with Crippen molar-refractivity contribution in [2.24, 2.45) is 5.92 Å². The molecule has 0 spiro atoms. The number of amides is 1. The van der Waals surface area contributed by atoms with Crippen LogP contribution in [0.3, 0.4) is 0 Å². The number of imidazole rings is 1. The van der Waals surface area contributed by atoms with Crippen LogP contribution >= 0.6 is 0 Å². The molecule has 1 unspecified atom stereocenters. The van der Waals surface area contributed by atoms with Gasteiger partial charge in [-0.05, 0) is 43.2 Å². The van der Waals surface area contributed by atoms with Crippen molar-refractivity contribution >= 4 is 17.5 Å². The van der Waals surface area contributed by atoms with Crippen LogP contribution in [-0.2, 0) is 22.4 Å². The summed E-state index contributed by atoms with van der Waals surface area (Å²) in [6, 6.07) is 13.0. The van der Waals surface area contributed by atoms with E-state index in [0.29, 0.717) is 18.7 Å². The van der Waals surface area contributed by atoms with Crippen LogP contribution in [0.2, 0.25) is 0 Å². The van der Waals surface area contributed by atoms with Crippen molar-refractivity contribution in [2.45, 2.75) is 19.8 Å². The first kappa shape index (κ1) is 19.4. The SMILES string of the molecule is CCOc1ccc(CC(CNC(=O)Cc2cn3ccccc3n2)C(=O)O)cc1. The van der Waals surface area contributed by atoms with Crippen LogP contribution in [0.25, 0.3) is 5.65 Å². The minimum Gasteiger partial charge on any atom is -0.494 e. The number of ether oxygens (including phenoxy) is 1. The number of aliphatic carboxylic acids is 1. The normalized spacial score (nSPS) is 11.9. The fraction of sp³-hybridized carbons (Fsp3) is 0.286. The first-order valence-corrected chi connectivity index (χ1v) is 9.19. The summed E-state index contributed by atoms with van der Waals surface area (Å²) >= 11 is 0. The van der Waals surface area contributed by atoms with Crippen LogP contribution in [0, 0.1) is 5.92 Å². The van der Waals surface area contributed by atoms with Gasteiger partial charge in [0, 0.05) is 18.9 Å². The number of aromatic nitrogens is 2. The second kappa shape index (κ2) is 9.03. The van der Waals surface area contributed by atoms with E-state index >= 15 is 0 Å². The zero-order valence-electron chi connectivity index (χ0n) is 15.7. The number of carbonyl (C=O) groups excluding carboxylic acids is 1. The molecular weight excluding hydrogens is 358 g/mol. The summed E-state index contributed by atoms with van der Waals surface area (Å²) in [5, 5.41) is 12.2. The molecule has 0 aliphatic heterocycles. The molecule has 28 heavy (non-hydrogen) atoms. The molecule has 3 rings (SSSR count). The number of fused-ring (bicyclic) bond motifs is 1. The summed E-state index contributed by atoms with van der Waals surface area (Å²) < 4.78 is 7.23. The molecule has 146 valence electrons. The Balaban J connectivity index is 1.55. The maximum absolute atomic E-state index is 12.2. The van der Waals surface area contributed by atoms with Gasteiger partial charge in [-0.15, -0.1) is 0 Å². The molecule has 7 heteroatoms. The Bertz CT molecular complexity index is 917. The van der Waals surface area contributed by atoms with E-state index in [9.17, 15) is 14.7 Å². The smallest absolute Gasteiger partial charge is 0.308 e. The minimum absolute atomic E-state index is 0.0642. The monoisotopic (exact) mass is 381 g/mol. The predicted octanol–water partition coefficient (Wildman–Crippen LogP) is 2.34. The molecule has 1 aromatic carbocycles. The van der Waals surface area contributed by atoms with Gasteiger partial charge in [-0.2, -0.15) is 0 Å². The van der Waals surface area contributed by atoms with Gasteiger partial charge < -0.3 is 19.6 Å². The standard InChI is InChI=1S/C21H23N3O4/c1-2-28-18-8-6-15(7-9-18)11-16(21(26)27)13-22-20(25)12-17-14-24-10-4-3-5-19(24)23-17/h3-10,14,16H,2,11-13H2,1H3,(H,22,25)(H,26,27). The third kappa shape index (κ3) is 5.09. The molecule has 2 aromatic heterocycles. The lowest BCUT2D eigenvalue weighted by atomic mass is 9.99. The molecule has 0 saturated heterocycles. The maximum Gasteiger partial charge on any atom is 0.308 e. The lowest BCUT2D eigenvalue weighted by Crippen LogP contribution is -2.35. The van der Waals surface area contributed by atoms with Gasteiger partial charge >= 0.3 is 5.97 Å². The number of carboxylic acids is 1. The van der Waals surface area contributed by atoms with Crippen LogP contribution < -0.4 is 10.1 Å². The Kier molecular flexibility index (Phi) is 6.26. The Hall–Kier alpha value is -3.35.